The highest BCUT2D eigenvalue weighted by atomic mass is 16.2. The Morgan fingerprint density at radius 2 is 1.96 bits per heavy atom. The number of carbonyl (C=O) groups is 2. The monoisotopic (exact) mass is 363 g/mol. The van der Waals surface area contributed by atoms with Crippen molar-refractivity contribution in [3.63, 3.8) is 0 Å². The van der Waals surface area contributed by atoms with Crippen LogP contribution < -0.4 is 15.5 Å². The number of anilines is 3. The van der Waals surface area contributed by atoms with E-state index in [1.807, 2.05) is 44.4 Å². The van der Waals surface area contributed by atoms with E-state index in [2.05, 4.69) is 25.7 Å². The Hall–Kier alpha value is -3.75. The van der Waals surface area contributed by atoms with Crippen molar-refractivity contribution in [3.8, 4) is 0 Å². The lowest BCUT2D eigenvalue weighted by Crippen LogP contribution is -2.19. The summed E-state index contributed by atoms with van der Waals surface area (Å²) in [6.45, 7) is 0. The molecule has 2 N–H and O–H groups in total. The summed E-state index contributed by atoms with van der Waals surface area (Å²) >= 11 is 0. The Labute approximate surface area is 154 Å². The molecule has 1 fully saturated rings. The third-order valence-corrected chi connectivity index (χ3v) is 4.04. The Morgan fingerprint density at radius 3 is 2.63 bits per heavy atom. The Bertz CT molecular complexity index is 1070. The van der Waals surface area contributed by atoms with Gasteiger partial charge in [-0.2, -0.15) is 19.6 Å². The number of benzene rings is 1. The average molecular weight is 363 g/mol. The lowest BCUT2D eigenvalue weighted by Gasteiger charge is -2.13. The first-order valence-electron chi connectivity index (χ1n) is 8.31. The van der Waals surface area contributed by atoms with Crippen molar-refractivity contribution in [1.29, 1.82) is 0 Å². The van der Waals surface area contributed by atoms with Crippen molar-refractivity contribution in [2.45, 2.75) is 6.42 Å². The van der Waals surface area contributed by atoms with Crippen LogP contribution in [0.2, 0.25) is 0 Å². The van der Waals surface area contributed by atoms with E-state index >= 15 is 0 Å². The highest BCUT2D eigenvalue weighted by Crippen LogP contribution is 2.23. The van der Waals surface area contributed by atoms with E-state index < -0.39 is 0 Å². The van der Waals surface area contributed by atoms with Gasteiger partial charge < -0.3 is 10.2 Å². The number of rotatable bonds is 4. The quantitative estimate of drug-likeness (QED) is 0.533. The lowest BCUT2D eigenvalue weighted by atomic mass is 10.1. The van der Waals surface area contributed by atoms with E-state index in [9.17, 15) is 9.59 Å². The topological polar surface area (TPSA) is 105 Å². The van der Waals surface area contributed by atoms with Gasteiger partial charge in [-0.1, -0.05) is 18.2 Å². The predicted molar refractivity (Wildman–Crippen MR) is 101 cm³/mol. The van der Waals surface area contributed by atoms with Crippen LogP contribution in [0.5, 0.6) is 0 Å². The summed E-state index contributed by atoms with van der Waals surface area (Å²) in [5.41, 5.74) is 2.42. The summed E-state index contributed by atoms with van der Waals surface area (Å²) in [5, 5.41) is 9.86. The maximum Gasteiger partial charge on any atom is 0.254 e. The number of nitrogens with one attached hydrogen (secondary N) is 2. The summed E-state index contributed by atoms with van der Waals surface area (Å²) in [5.74, 6) is 0.293. The van der Waals surface area contributed by atoms with E-state index in [0.717, 1.165) is 5.69 Å². The number of aromatic nitrogens is 4. The zero-order chi connectivity index (χ0) is 19.0. The minimum atomic E-state index is -0.385. The number of para-hydroxylation sites is 1. The highest BCUT2D eigenvalue weighted by Gasteiger charge is 2.24. The summed E-state index contributed by atoms with van der Waals surface area (Å²) in [4.78, 5) is 34.1. The zero-order valence-electron chi connectivity index (χ0n) is 14.8. The number of imide groups is 1. The first-order chi connectivity index (χ1) is 13.0. The molecule has 0 aliphatic carbocycles. The molecule has 3 heterocycles. The van der Waals surface area contributed by atoms with Crippen LogP contribution in [0.15, 0.2) is 42.1 Å². The van der Waals surface area contributed by atoms with Crippen molar-refractivity contribution in [2.75, 3.05) is 24.3 Å². The number of amides is 2. The third kappa shape index (κ3) is 3.22. The first-order valence-corrected chi connectivity index (χ1v) is 8.31. The fourth-order valence-corrected chi connectivity index (χ4v) is 2.73. The fraction of sp³-hybridized carbons (Fsp3) is 0.167. The van der Waals surface area contributed by atoms with Gasteiger partial charge in [-0.3, -0.25) is 14.9 Å². The molecule has 9 heteroatoms. The minimum Gasteiger partial charge on any atom is -0.347 e. The van der Waals surface area contributed by atoms with Gasteiger partial charge in [0.05, 0.1) is 12.6 Å². The van der Waals surface area contributed by atoms with Crippen molar-refractivity contribution in [1.82, 2.24) is 24.9 Å². The smallest absolute Gasteiger partial charge is 0.254 e. The molecule has 0 spiro atoms. The van der Waals surface area contributed by atoms with Gasteiger partial charge in [0.25, 0.3) is 5.91 Å². The lowest BCUT2D eigenvalue weighted by molar-refractivity contribution is -0.124. The van der Waals surface area contributed by atoms with Crippen LogP contribution in [0.1, 0.15) is 12.0 Å². The van der Waals surface area contributed by atoms with E-state index in [4.69, 9.17) is 0 Å². The van der Waals surface area contributed by atoms with Crippen molar-refractivity contribution >= 4 is 41.1 Å². The molecular weight excluding hydrogens is 346 g/mol. The summed E-state index contributed by atoms with van der Waals surface area (Å²) < 4.78 is 1.57. The largest absolute Gasteiger partial charge is 0.347 e. The molecule has 0 saturated carbocycles. The third-order valence-electron chi connectivity index (χ3n) is 4.04. The Kier molecular flexibility index (Phi) is 4.03. The second-order valence-electron chi connectivity index (χ2n) is 6.29. The second-order valence-corrected chi connectivity index (χ2v) is 6.29. The molecule has 9 nitrogen and oxygen atoms in total. The van der Waals surface area contributed by atoms with Crippen LogP contribution in [0, 0.1) is 0 Å². The normalized spacial score (nSPS) is 15.4. The maximum atomic E-state index is 11.8. The molecular formula is C18H17N7O2. The van der Waals surface area contributed by atoms with Gasteiger partial charge in [-0.25, -0.2) is 0 Å². The summed E-state index contributed by atoms with van der Waals surface area (Å²) in [7, 11) is 3.69. The molecule has 2 amide bonds. The van der Waals surface area contributed by atoms with Crippen LogP contribution in [0.4, 0.5) is 17.6 Å². The summed E-state index contributed by atoms with van der Waals surface area (Å²) in [6.07, 6.45) is 3.29. The molecule has 1 aromatic carbocycles. The van der Waals surface area contributed by atoms with Crippen molar-refractivity contribution in [3.05, 3.63) is 47.7 Å². The molecule has 0 bridgehead atoms. The van der Waals surface area contributed by atoms with E-state index in [0.29, 0.717) is 28.7 Å². The number of nitrogens with zero attached hydrogens (tertiary/aromatic N) is 5. The molecule has 2 aromatic heterocycles. The number of hydrogen-bond donors (Lipinski definition) is 2. The standard InChI is InChI=1S/C18H17N7O2/c1-24(2)17-22-15-12(8-11-9-14(26)21-16(11)27)10-19-25(15)18(23-17)20-13-6-4-3-5-7-13/h3-8,10H,9H2,1-2H3,(H,20,22,23)(H,21,26,27). The van der Waals surface area contributed by atoms with E-state index in [-0.39, 0.29) is 18.2 Å². The van der Waals surface area contributed by atoms with Gasteiger partial charge in [0, 0.05) is 30.9 Å². The number of hydrogen-bond acceptors (Lipinski definition) is 7. The second kappa shape index (κ2) is 6.52. The molecule has 0 unspecified atom stereocenters. The first kappa shape index (κ1) is 16.7. The number of carbonyl (C=O) groups excluding carboxylic acids is 2. The summed E-state index contributed by atoms with van der Waals surface area (Å²) in [6, 6.07) is 9.61. The van der Waals surface area contributed by atoms with Gasteiger partial charge in [0.15, 0.2) is 5.65 Å². The molecule has 0 atom stereocenters. The SMILES string of the molecule is CN(C)c1nc(Nc2ccccc2)n2ncc(C=C3CC(=O)NC3=O)c2n1. The highest BCUT2D eigenvalue weighted by molar-refractivity contribution is 6.15. The van der Waals surface area contributed by atoms with Crippen LogP contribution in [-0.2, 0) is 9.59 Å². The minimum absolute atomic E-state index is 0.0525. The van der Waals surface area contributed by atoms with Gasteiger partial charge in [-0.15, -0.1) is 0 Å². The Morgan fingerprint density at radius 1 is 1.19 bits per heavy atom. The molecule has 1 aliphatic heterocycles. The van der Waals surface area contributed by atoms with Gasteiger partial charge in [-0.05, 0) is 18.2 Å². The molecule has 3 aromatic rings. The fourth-order valence-electron chi connectivity index (χ4n) is 2.73. The van der Waals surface area contributed by atoms with Crippen LogP contribution in [0.25, 0.3) is 11.7 Å². The van der Waals surface area contributed by atoms with Gasteiger partial charge in [0.1, 0.15) is 0 Å². The zero-order valence-corrected chi connectivity index (χ0v) is 14.8. The van der Waals surface area contributed by atoms with Crippen LogP contribution in [-0.4, -0.2) is 45.5 Å². The Balaban J connectivity index is 1.82. The van der Waals surface area contributed by atoms with E-state index in [1.54, 1.807) is 21.7 Å². The van der Waals surface area contributed by atoms with Gasteiger partial charge >= 0.3 is 0 Å². The molecule has 0 radical (unpaired) electrons. The molecule has 1 saturated heterocycles. The molecule has 1 aliphatic rings. The number of fused-ring (bicyclic) bond motifs is 1. The average Bonchev–Trinajstić information content (AvgIpc) is 3.19. The molecule has 4 rings (SSSR count). The molecule has 136 valence electrons. The predicted octanol–water partition coefficient (Wildman–Crippen LogP) is 1.36. The van der Waals surface area contributed by atoms with Gasteiger partial charge in [0.2, 0.25) is 17.8 Å². The van der Waals surface area contributed by atoms with Crippen LogP contribution in [0.3, 0.4) is 0 Å². The maximum absolute atomic E-state index is 11.8. The van der Waals surface area contributed by atoms with E-state index in [1.165, 1.54) is 0 Å². The van der Waals surface area contributed by atoms with Crippen molar-refractivity contribution < 1.29 is 9.59 Å². The van der Waals surface area contributed by atoms with Crippen molar-refractivity contribution in [2.24, 2.45) is 0 Å². The molecule has 27 heavy (non-hydrogen) atoms. The van der Waals surface area contributed by atoms with Crippen LogP contribution >= 0.6 is 0 Å².